The number of hydroxylamine groups is 1. The smallest absolute Gasteiger partial charge is 0.246 e. The number of carbonyl (C=O) groups excluding carboxylic acids is 3. The number of halogens is 2. The normalized spacial score (nSPS) is 15.4. The van der Waals surface area contributed by atoms with E-state index in [-0.39, 0.29) is 23.8 Å². The highest BCUT2D eigenvalue weighted by atomic mass is 32.1. The van der Waals surface area contributed by atoms with Gasteiger partial charge in [0.25, 0.3) is 0 Å². The minimum atomic E-state index is -0.876. The van der Waals surface area contributed by atoms with Crippen molar-refractivity contribution >= 4 is 39.7 Å². The van der Waals surface area contributed by atoms with Gasteiger partial charge < -0.3 is 10.6 Å². The van der Waals surface area contributed by atoms with Crippen molar-refractivity contribution in [1.29, 1.82) is 0 Å². The minimum absolute atomic E-state index is 0.170. The van der Waals surface area contributed by atoms with Crippen LogP contribution in [0.5, 0.6) is 0 Å². The molecule has 1 aliphatic carbocycles. The van der Waals surface area contributed by atoms with Crippen molar-refractivity contribution in [3.63, 3.8) is 0 Å². The molecule has 3 amide bonds. The van der Waals surface area contributed by atoms with E-state index in [1.807, 2.05) is 22.7 Å². The molecule has 2 aromatic heterocycles. The summed E-state index contributed by atoms with van der Waals surface area (Å²) in [6.45, 7) is 1.51. The van der Waals surface area contributed by atoms with Gasteiger partial charge in [-0.2, -0.15) is 0 Å². The first kappa shape index (κ1) is 26.4. The molecule has 0 saturated heterocycles. The summed E-state index contributed by atoms with van der Waals surface area (Å²) in [6, 6.07) is 9.07. The molecule has 1 aliphatic rings. The molecule has 5 rings (SSSR count). The van der Waals surface area contributed by atoms with Gasteiger partial charge in [0, 0.05) is 46.4 Å². The van der Waals surface area contributed by atoms with Crippen molar-refractivity contribution in [2.24, 2.45) is 5.92 Å². The first-order valence-electron chi connectivity index (χ1n) is 12.3. The number of anilines is 1. The molecule has 1 unspecified atom stereocenters. The number of amides is 3. The summed E-state index contributed by atoms with van der Waals surface area (Å²) in [5, 5.41) is 14.2. The molecule has 12 heteroatoms. The maximum absolute atomic E-state index is 13.3. The molecule has 4 aromatic rings. The Morgan fingerprint density at radius 3 is 2.56 bits per heavy atom. The zero-order chi connectivity index (χ0) is 27.7. The van der Waals surface area contributed by atoms with E-state index in [0.29, 0.717) is 18.5 Å². The number of hydrogen-bond donors (Lipinski definition) is 4. The Labute approximate surface area is 225 Å². The lowest BCUT2D eigenvalue weighted by Crippen LogP contribution is -2.42. The van der Waals surface area contributed by atoms with Crippen molar-refractivity contribution in [1.82, 2.24) is 20.2 Å². The number of nitrogens with one attached hydrogen (secondary N) is 3. The molecule has 0 saturated carbocycles. The number of aromatic nitrogens is 2. The SMILES string of the molecule is C[C@H](NC(=O)Cc1cc(F)cc(F)c1)C(=O)Nc1ccc(-c2cn3c4c(sc3n2)CCC(C(=O)NO)C4)cc1. The topological polar surface area (TPSA) is 125 Å². The van der Waals surface area contributed by atoms with Gasteiger partial charge in [0.2, 0.25) is 17.7 Å². The molecule has 4 N–H and O–H groups in total. The molecule has 0 bridgehead atoms. The fourth-order valence-electron chi connectivity index (χ4n) is 4.67. The summed E-state index contributed by atoms with van der Waals surface area (Å²) < 4.78 is 28.7. The third-order valence-electron chi connectivity index (χ3n) is 6.65. The summed E-state index contributed by atoms with van der Waals surface area (Å²) in [5.41, 5.74) is 5.04. The number of rotatable bonds is 7. The lowest BCUT2D eigenvalue weighted by atomic mass is 9.90. The summed E-state index contributed by atoms with van der Waals surface area (Å²) in [4.78, 5) is 43.4. The average molecular weight is 554 g/mol. The molecule has 2 atom stereocenters. The summed E-state index contributed by atoms with van der Waals surface area (Å²) >= 11 is 1.59. The van der Waals surface area contributed by atoms with E-state index in [1.54, 1.807) is 28.9 Å². The van der Waals surface area contributed by atoms with Crippen LogP contribution in [0.15, 0.2) is 48.7 Å². The molecule has 0 spiro atoms. The Balaban J connectivity index is 1.21. The van der Waals surface area contributed by atoms with E-state index in [0.717, 1.165) is 46.5 Å². The fraction of sp³-hybridized carbons (Fsp3) is 0.259. The largest absolute Gasteiger partial charge is 0.344 e. The van der Waals surface area contributed by atoms with Gasteiger partial charge in [0.05, 0.1) is 12.1 Å². The van der Waals surface area contributed by atoms with Gasteiger partial charge in [0.1, 0.15) is 17.7 Å². The van der Waals surface area contributed by atoms with Crippen molar-refractivity contribution in [2.45, 2.75) is 38.6 Å². The third-order valence-corrected chi connectivity index (χ3v) is 7.80. The molecular formula is C27H25F2N5O4S. The monoisotopic (exact) mass is 553 g/mol. The van der Waals surface area contributed by atoms with Gasteiger partial charge in [-0.05, 0) is 49.6 Å². The van der Waals surface area contributed by atoms with Gasteiger partial charge in [-0.25, -0.2) is 19.2 Å². The van der Waals surface area contributed by atoms with E-state index in [2.05, 4.69) is 10.6 Å². The first-order valence-corrected chi connectivity index (χ1v) is 13.1. The van der Waals surface area contributed by atoms with Crippen LogP contribution in [0.2, 0.25) is 0 Å². The molecule has 202 valence electrons. The second-order valence-electron chi connectivity index (χ2n) is 9.48. The number of hydrogen-bond acceptors (Lipinski definition) is 6. The second kappa shape index (κ2) is 10.9. The van der Waals surface area contributed by atoms with Crippen LogP contribution in [0.1, 0.15) is 29.5 Å². The first-order chi connectivity index (χ1) is 18.7. The minimum Gasteiger partial charge on any atom is -0.344 e. The highest BCUT2D eigenvalue weighted by Gasteiger charge is 2.28. The fourth-order valence-corrected chi connectivity index (χ4v) is 5.81. The van der Waals surface area contributed by atoms with Crippen molar-refractivity contribution in [3.05, 3.63) is 76.4 Å². The number of nitrogens with zero attached hydrogens (tertiary/aromatic N) is 2. The van der Waals surface area contributed by atoms with Gasteiger partial charge in [0.15, 0.2) is 4.96 Å². The number of carbonyl (C=O) groups is 3. The molecule has 2 heterocycles. The quantitative estimate of drug-likeness (QED) is 0.206. The summed E-state index contributed by atoms with van der Waals surface area (Å²) in [5.74, 6) is -3.20. The zero-order valence-electron chi connectivity index (χ0n) is 20.8. The Hall–Kier alpha value is -4.16. The van der Waals surface area contributed by atoms with Crippen LogP contribution >= 0.6 is 11.3 Å². The second-order valence-corrected chi connectivity index (χ2v) is 10.5. The van der Waals surface area contributed by atoms with Crippen molar-refractivity contribution < 1.29 is 28.4 Å². The molecule has 0 fully saturated rings. The van der Waals surface area contributed by atoms with Gasteiger partial charge in [-0.3, -0.25) is 24.0 Å². The van der Waals surface area contributed by atoms with Crippen LogP contribution in [0.3, 0.4) is 0 Å². The zero-order valence-corrected chi connectivity index (χ0v) is 21.6. The lowest BCUT2D eigenvalue weighted by molar-refractivity contribution is -0.133. The molecule has 0 aliphatic heterocycles. The summed E-state index contributed by atoms with van der Waals surface area (Å²) in [6.07, 6.45) is 3.61. The number of thiazole rings is 1. The molecule has 9 nitrogen and oxygen atoms in total. The third kappa shape index (κ3) is 5.81. The van der Waals surface area contributed by atoms with Crippen LogP contribution < -0.4 is 16.1 Å². The predicted molar refractivity (Wildman–Crippen MR) is 140 cm³/mol. The number of imidazole rings is 1. The van der Waals surface area contributed by atoms with Gasteiger partial charge >= 0.3 is 0 Å². The van der Waals surface area contributed by atoms with E-state index < -0.39 is 29.5 Å². The van der Waals surface area contributed by atoms with Crippen LogP contribution in [0.25, 0.3) is 16.2 Å². The molecular weight excluding hydrogens is 528 g/mol. The van der Waals surface area contributed by atoms with Crippen molar-refractivity contribution in [2.75, 3.05) is 5.32 Å². The van der Waals surface area contributed by atoms with Gasteiger partial charge in [-0.15, -0.1) is 11.3 Å². The molecule has 2 aromatic carbocycles. The van der Waals surface area contributed by atoms with Crippen molar-refractivity contribution in [3.8, 4) is 11.3 Å². The maximum Gasteiger partial charge on any atom is 0.246 e. The molecule has 39 heavy (non-hydrogen) atoms. The van der Waals surface area contributed by atoms with E-state index in [4.69, 9.17) is 10.2 Å². The van der Waals surface area contributed by atoms with Crippen LogP contribution in [0, 0.1) is 17.6 Å². The Bertz CT molecular complexity index is 1550. The Kier molecular flexibility index (Phi) is 7.40. The van der Waals surface area contributed by atoms with Crippen LogP contribution in [-0.2, 0) is 33.6 Å². The number of aryl methyl sites for hydroxylation is 1. The number of fused-ring (bicyclic) bond motifs is 3. The van der Waals surface area contributed by atoms with Crippen LogP contribution in [0.4, 0.5) is 14.5 Å². The van der Waals surface area contributed by atoms with E-state index >= 15 is 0 Å². The average Bonchev–Trinajstić information content (AvgIpc) is 3.46. The van der Waals surface area contributed by atoms with Crippen LogP contribution in [-0.4, -0.2) is 38.4 Å². The Morgan fingerprint density at radius 1 is 1.15 bits per heavy atom. The Morgan fingerprint density at radius 2 is 1.87 bits per heavy atom. The number of benzene rings is 2. The van der Waals surface area contributed by atoms with E-state index in [9.17, 15) is 23.2 Å². The standard InChI is InChI=1S/C27H25F2N5O4S/c1-14(30-24(35)10-15-8-18(28)12-19(29)9-15)25(36)31-20-5-2-16(3-6-20)21-13-34-22-11-17(26(37)33-38)4-7-23(22)39-27(34)32-21/h2-3,5-6,8-9,12-14,17,38H,4,7,10-11H2,1H3,(H,30,35)(H,31,36)(H,33,37)/t14-,17?/m0/s1. The molecule has 0 radical (unpaired) electrons. The van der Waals surface area contributed by atoms with E-state index in [1.165, 1.54) is 11.8 Å². The summed E-state index contributed by atoms with van der Waals surface area (Å²) in [7, 11) is 0. The maximum atomic E-state index is 13.3. The highest BCUT2D eigenvalue weighted by molar-refractivity contribution is 7.17. The highest BCUT2D eigenvalue weighted by Crippen LogP contribution is 2.34. The van der Waals surface area contributed by atoms with Gasteiger partial charge in [-0.1, -0.05) is 12.1 Å². The predicted octanol–water partition coefficient (Wildman–Crippen LogP) is 3.64. The lowest BCUT2D eigenvalue weighted by Gasteiger charge is -2.19.